The second kappa shape index (κ2) is 8.67. The summed E-state index contributed by atoms with van der Waals surface area (Å²) in [6.07, 6.45) is 0.668. The van der Waals surface area contributed by atoms with E-state index < -0.39 is 11.6 Å². The molecule has 28 heavy (non-hydrogen) atoms. The van der Waals surface area contributed by atoms with Gasteiger partial charge >= 0.3 is 0 Å². The highest BCUT2D eigenvalue weighted by Crippen LogP contribution is 2.30. The molecular formula is C20H21ClF2N4O. The van der Waals surface area contributed by atoms with Crippen LogP contribution in [0.15, 0.2) is 40.5 Å². The zero-order chi connectivity index (χ0) is 20.3. The molecule has 8 heteroatoms. The van der Waals surface area contributed by atoms with E-state index >= 15 is 0 Å². The van der Waals surface area contributed by atoms with Gasteiger partial charge in [-0.1, -0.05) is 22.8 Å². The van der Waals surface area contributed by atoms with Crippen LogP contribution in [-0.4, -0.2) is 48.8 Å². The average molecular weight is 407 g/mol. The lowest BCUT2D eigenvalue weighted by atomic mass is 9.96. The fourth-order valence-electron chi connectivity index (χ4n) is 3.07. The van der Waals surface area contributed by atoms with E-state index in [1.807, 2.05) is 19.0 Å². The highest BCUT2D eigenvalue weighted by molar-refractivity contribution is 6.30. The van der Waals surface area contributed by atoms with E-state index in [9.17, 15) is 14.0 Å². The second-order valence-electron chi connectivity index (χ2n) is 6.88. The maximum atomic E-state index is 14.2. The molecule has 0 saturated heterocycles. The molecule has 0 amide bonds. The summed E-state index contributed by atoms with van der Waals surface area (Å²) in [5, 5.41) is 16.0. The number of oxime groups is 1. The summed E-state index contributed by atoms with van der Waals surface area (Å²) in [7, 11) is 3.94. The highest BCUT2D eigenvalue weighted by atomic mass is 35.5. The van der Waals surface area contributed by atoms with E-state index in [1.54, 1.807) is 6.07 Å². The maximum absolute atomic E-state index is 14.2. The van der Waals surface area contributed by atoms with Crippen LogP contribution >= 0.6 is 11.6 Å². The van der Waals surface area contributed by atoms with Crippen LogP contribution in [0.5, 0.6) is 0 Å². The monoisotopic (exact) mass is 406 g/mol. The van der Waals surface area contributed by atoms with Crippen molar-refractivity contribution in [3.63, 3.8) is 0 Å². The van der Waals surface area contributed by atoms with Crippen molar-refractivity contribution in [2.45, 2.75) is 12.8 Å². The van der Waals surface area contributed by atoms with Crippen molar-refractivity contribution >= 4 is 28.8 Å². The lowest BCUT2D eigenvalue weighted by Crippen LogP contribution is -2.17. The summed E-state index contributed by atoms with van der Waals surface area (Å²) in [4.78, 5) is 6.55. The van der Waals surface area contributed by atoms with E-state index in [-0.39, 0.29) is 17.2 Å². The number of aliphatic imine (C=N–C) groups is 1. The Labute approximate surface area is 167 Å². The Morgan fingerprint density at radius 1 is 1.25 bits per heavy atom. The zero-order valence-corrected chi connectivity index (χ0v) is 16.4. The Balaban J connectivity index is 1.87. The number of benzene rings is 2. The summed E-state index contributed by atoms with van der Waals surface area (Å²) >= 11 is 5.83. The number of nitrogens with one attached hydrogen (secondary N) is 1. The first kappa shape index (κ1) is 20.2. The smallest absolute Gasteiger partial charge is 0.141 e. The van der Waals surface area contributed by atoms with Crippen LogP contribution in [0.3, 0.4) is 0 Å². The van der Waals surface area contributed by atoms with Crippen LogP contribution in [0, 0.1) is 11.6 Å². The molecule has 0 fully saturated rings. The molecule has 0 bridgehead atoms. The molecule has 0 radical (unpaired) electrons. The van der Waals surface area contributed by atoms with Gasteiger partial charge in [-0.05, 0) is 49.5 Å². The number of nitrogens with zero attached hydrogens (tertiary/aromatic N) is 3. The van der Waals surface area contributed by atoms with E-state index in [1.165, 1.54) is 24.3 Å². The van der Waals surface area contributed by atoms with Crippen molar-refractivity contribution in [2.75, 3.05) is 32.5 Å². The van der Waals surface area contributed by atoms with Crippen molar-refractivity contribution in [3.8, 4) is 0 Å². The molecule has 0 spiro atoms. The van der Waals surface area contributed by atoms with Gasteiger partial charge in [0.2, 0.25) is 0 Å². The average Bonchev–Trinajstić information content (AvgIpc) is 3.04. The quantitative estimate of drug-likeness (QED) is 0.433. The first-order chi connectivity index (χ1) is 13.4. The van der Waals surface area contributed by atoms with Gasteiger partial charge < -0.3 is 15.4 Å². The van der Waals surface area contributed by atoms with Gasteiger partial charge in [0, 0.05) is 30.6 Å². The number of rotatable bonds is 6. The Kier molecular flexibility index (Phi) is 6.26. The molecule has 3 rings (SSSR count). The fourth-order valence-corrected chi connectivity index (χ4v) is 3.27. The van der Waals surface area contributed by atoms with Gasteiger partial charge in [0.05, 0.1) is 17.3 Å². The number of halogens is 3. The molecule has 2 aromatic carbocycles. The van der Waals surface area contributed by atoms with Crippen molar-refractivity contribution in [1.29, 1.82) is 0 Å². The lowest BCUT2D eigenvalue weighted by molar-refractivity contribution is 0.318. The first-order valence-corrected chi connectivity index (χ1v) is 9.18. The third-order valence-corrected chi connectivity index (χ3v) is 4.76. The number of hydrogen-bond donors (Lipinski definition) is 2. The van der Waals surface area contributed by atoms with Gasteiger partial charge in [0.25, 0.3) is 0 Å². The predicted molar refractivity (Wildman–Crippen MR) is 108 cm³/mol. The Morgan fingerprint density at radius 3 is 2.71 bits per heavy atom. The van der Waals surface area contributed by atoms with Gasteiger partial charge in [0.1, 0.15) is 17.5 Å². The molecule has 1 aliphatic heterocycles. The Bertz CT molecular complexity index is 944. The van der Waals surface area contributed by atoms with Gasteiger partial charge in [-0.3, -0.25) is 4.99 Å². The fraction of sp³-hybridized carbons (Fsp3) is 0.300. The van der Waals surface area contributed by atoms with Crippen molar-refractivity contribution < 1.29 is 14.0 Å². The third-order valence-electron chi connectivity index (χ3n) is 4.47. The minimum absolute atomic E-state index is 0.0174. The predicted octanol–water partition coefficient (Wildman–Crippen LogP) is 3.97. The molecule has 148 valence electrons. The number of fused-ring (bicyclic) bond motifs is 1. The molecule has 1 aliphatic rings. The molecule has 0 aromatic heterocycles. The molecular weight excluding hydrogens is 386 g/mol. The summed E-state index contributed by atoms with van der Waals surface area (Å²) in [6, 6.07) is 7.01. The van der Waals surface area contributed by atoms with Gasteiger partial charge in [-0.2, -0.15) is 0 Å². The summed E-state index contributed by atoms with van der Waals surface area (Å²) in [5.74, 6) is -0.234. The third kappa shape index (κ3) is 4.66. The van der Waals surface area contributed by atoms with Crippen molar-refractivity contribution in [3.05, 3.63) is 63.7 Å². The van der Waals surface area contributed by atoms with E-state index in [4.69, 9.17) is 11.6 Å². The Morgan fingerprint density at radius 2 is 2.04 bits per heavy atom. The maximum Gasteiger partial charge on any atom is 0.141 e. The largest absolute Gasteiger partial charge is 0.411 e. The number of likely N-dealkylation sites (N-methyl/N-ethyl adjacent to an activating group) is 1. The molecule has 0 saturated carbocycles. The van der Waals surface area contributed by atoms with Crippen LogP contribution in [-0.2, 0) is 12.8 Å². The summed E-state index contributed by atoms with van der Waals surface area (Å²) in [6.45, 7) is 1.42. The van der Waals surface area contributed by atoms with E-state index in [0.29, 0.717) is 29.8 Å². The van der Waals surface area contributed by atoms with Crippen LogP contribution in [0.4, 0.5) is 14.5 Å². The van der Waals surface area contributed by atoms with Crippen molar-refractivity contribution in [1.82, 2.24) is 4.90 Å². The molecule has 0 aliphatic carbocycles. The van der Waals surface area contributed by atoms with E-state index in [2.05, 4.69) is 15.5 Å². The van der Waals surface area contributed by atoms with Gasteiger partial charge in [-0.15, -0.1) is 0 Å². The van der Waals surface area contributed by atoms with E-state index in [0.717, 1.165) is 17.9 Å². The molecule has 2 aromatic rings. The Hall–Kier alpha value is -2.51. The number of amidine groups is 1. The minimum atomic E-state index is -0.526. The zero-order valence-electron chi connectivity index (χ0n) is 15.6. The van der Waals surface area contributed by atoms with Crippen LogP contribution < -0.4 is 5.32 Å². The molecule has 5 nitrogen and oxygen atoms in total. The standard InChI is InChI=1S/C20H21ClF2N4O/c1-27(2)6-5-24-20-11-15-14(9-13(22)10-18(15)25-20)19(26-28)8-12-3-4-17(23)16(21)7-12/h3-4,7,9-10,28H,5-6,8,11H2,1-2H3,(H,24,25)/b26-19+. The first-order valence-electron chi connectivity index (χ1n) is 8.80. The summed E-state index contributed by atoms with van der Waals surface area (Å²) in [5.41, 5.74) is 2.84. The van der Waals surface area contributed by atoms with Gasteiger partial charge in [0.15, 0.2) is 0 Å². The molecule has 1 heterocycles. The molecule has 2 N–H and O–H groups in total. The SMILES string of the molecule is CN(C)CCN=C1Cc2c(cc(F)cc2/C(Cc2ccc(F)c(Cl)c2)=N/O)N1. The minimum Gasteiger partial charge on any atom is -0.411 e. The topological polar surface area (TPSA) is 60.2 Å². The lowest BCUT2D eigenvalue weighted by Gasteiger charge is -2.10. The normalized spacial score (nSPS) is 15.2. The van der Waals surface area contributed by atoms with Crippen LogP contribution in [0.25, 0.3) is 0 Å². The van der Waals surface area contributed by atoms with Crippen LogP contribution in [0.1, 0.15) is 16.7 Å². The van der Waals surface area contributed by atoms with Gasteiger partial charge in [-0.25, -0.2) is 8.78 Å². The highest BCUT2D eigenvalue weighted by Gasteiger charge is 2.24. The molecule has 0 atom stereocenters. The molecule has 0 unspecified atom stereocenters. The summed E-state index contributed by atoms with van der Waals surface area (Å²) < 4.78 is 27.5. The second-order valence-corrected chi connectivity index (χ2v) is 7.29. The number of anilines is 1. The number of hydrogen-bond acceptors (Lipinski definition) is 4. The van der Waals surface area contributed by atoms with Crippen LogP contribution in [0.2, 0.25) is 5.02 Å². The van der Waals surface area contributed by atoms with Crippen molar-refractivity contribution in [2.24, 2.45) is 10.1 Å².